The second-order valence-electron chi connectivity index (χ2n) is 4.15. The Morgan fingerprint density at radius 2 is 2.00 bits per heavy atom. The van der Waals surface area contributed by atoms with Gasteiger partial charge in [0.2, 0.25) is 15.9 Å². The summed E-state index contributed by atoms with van der Waals surface area (Å²) < 4.78 is 25.4. The average molecular weight is 285 g/mol. The number of benzene rings is 1. The van der Waals surface area contributed by atoms with E-state index in [-0.39, 0.29) is 23.0 Å². The number of para-hydroxylation sites is 1. The van der Waals surface area contributed by atoms with Gasteiger partial charge in [-0.2, -0.15) is 4.31 Å². The maximum absolute atomic E-state index is 12.2. The third-order valence-corrected chi connectivity index (χ3v) is 4.42. The number of sulfonamides is 1. The highest BCUT2D eigenvalue weighted by atomic mass is 32.2. The van der Waals surface area contributed by atoms with Gasteiger partial charge in [-0.25, -0.2) is 8.42 Å². The van der Waals surface area contributed by atoms with Crippen molar-refractivity contribution in [3.05, 3.63) is 24.3 Å². The molecule has 0 aliphatic rings. The fourth-order valence-corrected chi connectivity index (χ4v) is 2.73. The molecule has 1 amide bonds. The van der Waals surface area contributed by atoms with Crippen LogP contribution in [0, 0.1) is 0 Å². The summed E-state index contributed by atoms with van der Waals surface area (Å²) in [7, 11) is -2.39. The van der Waals surface area contributed by atoms with E-state index < -0.39 is 10.0 Å². The molecule has 0 atom stereocenters. The zero-order valence-electron chi connectivity index (χ0n) is 11.1. The molecule has 0 heterocycles. The number of rotatable bonds is 6. The monoisotopic (exact) mass is 285 g/mol. The molecule has 0 aromatic heterocycles. The largest absolute Gasteiger partial charge is 0.398 e. The summed E-state index contributed by atoms with van der Waals surface area (Å²) in [6, 6.07) is 6.18. The van der Waals surface area contributed by atoms with Crippen LogP contribution in [0.15, 0.2) is 29.2 Å². The van der Waals surface area contributed by atoms with Gasteiger partial charge in [-0.15, -0.1) is 0 Å². The molecule has 1 aromatic carbocycles. The smallest absolute Gasteiger partial charge is 0.245 e. The first-order chi connectivity index (χ1) is 8.89. The van der Waals surface area contributed by atoms with Crippen molar-refractivity contribution < 1.29 is 13.2 Å². The van der Waals surface area contributed by atoms with Crippen molar-refractivity contribution in [3.63, 3.8) is 0 Å². The zero-order chi connectivity index (χ0) is 14.5. The normalized spacial score (nSPS) is 11.5. The molecule has 3 N–H and O–H groups in total. The van der Waals surface area contributed by atoms with Crippen molar-refractivity contribution in [2.75, 3.05) is 25.9 Å². The molecule has 0 unspecified atom stereocenters. The van der Waals surface area contributed by atoms with Crippen molar-refractivity contribution in [2.24, 2.45) is 0 Å². The van der Waals surface area contributed by atoms with Crippen LogP contribution in [0.5, 0.6) is 0 Å². The van der Waals surface area contributed by atoms with Gasteiger partial charge >= 0.3 is 0 Å². The van der Waals surface area contributed by atoms with E-state index in [1.54, 1.807) is 12.1 Å². The Labute approximate surface area is 113 Å². The molecule has 0 fully saturated rings. The van der Waals surface area contributed by atoms with Crippen molar-refractivity contribution in [1.82, 2.24) is 9.62 Å². The highest BCUT2D eigenvalue weighted by molar-refractivity contribution is 7.89. The standard InChI is InChI=1S/C12H19N3O3S/c1-3-8-14-12(16)9-15(2)19(17,18)11-7-5-4-6-10(11)13/h4-7H,3,8-9,13H2,1-2H3,(H,14,16). The number of carbonyl (C=O) groups is 1. The van der Waals surface area contributed by atoms with Crippen molar-refractivity contribution in [1.29, 1.82) is 0 Å². The van der Waals surface area contributed by atoms with Crippen LogP contribution in [-0.4, -0.2) is 38.8 Å². The van der Waals surface area contributed by atoms with Crippen LogP contribution < -0.4 is 11.1 Å². The number of nitrogens with zero attached hydrogens (tertiary/aromatic N) is 1. The summed E-state index contributed by atoms with van der Waals surface area (Å²) in [5.41, 5.74) is 5.82. The molecule has 106 valence electrons. The number of nitrogen functional groups attached to an aromatic ring is 1. The Morgan fingerprint density at radius 3 is 2.58 bits per heavy atom. The lowest BCUT2D eigenvalue weighted by molar-refractivity contribution is -0.121. The summed E-state index contributed by atoms with van der Waals surface area (Å²) in [4.78, 5) is 11.5. The second-order valence-corrected chi connectivity index (χ2v) is 6.16. The molecule has 0 spiro atoms. The number of amides is 1. The van der Waals surface area contributed by atoms with Gasteiger partial charge in [-0.3, -0.25) is 4.79 Å². The van der Waals surface area contributed by atoms with Crippen LogP contribution in [0.2, 0.25) is 0 Å². The number of likely N-dealkylation sites (N-methyl/N-ethyl adjacent to an activating group) is 1. The zero-order valence-corrected chi connectivity index (χ0v) is 11.9. The SMILES string of the molecule is CCCNC(=O)CN(C)S(=O)(=O)c1ccccc1N. The number of hydrogen-bond donors (Lipinski definition) is 2. The van der Waals surface area contributed by atoms with E-state index in [1.165, 1.54) is 19.2 Å². The minimum Gasteiger partial charge on any atom is -0.398 e. The van der Waals surface area contributed by atoms with Gasteiger partial charge in [-0.1, -0.05) is 19.1 Å². The summed E-state index contributed by atoms with van der Waals surface area (Å²) in [6.45, 7) is 2.22. The first kappa shape index (κ1) is 15.5. The second kappa shape index (κ2) is 6.53. The summed E-state index contributed by atoms with van der Waals surface area (Å²) in [5, 5.41) is 2.63. The Bertz CT molecular complexity index is 543. The molecule has 0 bridgehead atoms. The average Bonchev–Trinajstić information content (AvgIpc) is 2.36. The van der Waals surface area contributed by atoms with E-state index in [0.29, 0.717) is 6.54 Å². The number of hydrogen-bond acceptors (Lipinski definition) is 4. The topological polar surface area (TPSA) is 92.5 Å². The number of nitrogens with two attached hydrogens (primary N) is 1. The van der Waals surface area contributed by atoms with Gasteiger partial charge in [0.25, 0.3) is 0 Å². The molecule has 0 aliphatic heterocycles. The molecule has 0 radical (unpaired) electrons. The minimum atomic E-state index is -3.74. The molecule has 0 saturated heterocycles. The first-order valence-electron chi connectivity index (χ1n) is 5.97. The third-order valence-electron chi connectivity index (χ3n) is 2.55. The van der Waals surface area contributed by atoms with Gasteiger partial charge in [-0.05, 0) is 18.6 Å². The molecular formula is C12H19N3O3S. The van der Waals surface area contributed by atoms with E-state index in [9.17, 15) is 13.2 Å². The van der Waals surface area contributed by atoms with E-state index in [1.807, 2.05) is 6.92 Å². The van der Waals surface area contributed by atoms with Crippen LogP contribution in [0.1, 0.15) is 13.3 Å². The lowest BCUT2D eigenvalue weighted by Gasteiger charge is -2.17. The first-order valence-corrected chi connectivity index (χ1v) is 7.41. The molecule has 19 heavy (non-hydrogen) atoms. The Kier molecular flexibility index (Phi) is 5.31. The maximum atomic E-state index is 12.2. The minimum absolute atomic E-state index is 0.0146. The van der Waals surface area contributed by atoms with Crippen LogP contribution in [0.4, 0.5) is 5.69 Å². The molecule has 7 heteroatoms. The van der Waals surface area contributed by atoms with Gasteiger partial charge in [0, 0.05) is 13.6 Å². The van der Waals surface area contributed by atoms with E-state index in [4.69, 9.17) is 5.73 Å². The lowest BCUT2D eigenvalue weighted by atomic mass is 10.3. The van der Waals surface area contributed by atoms with E-state index in [0.717, 1.165) is 10.7 Å². The Hall–Kier alpha value is -1.60. The third kappa shape index (κ3) is 3.93. The van der Waals surface area contributed by atoms with Crippen LogP contribution in [0.25, 0.3) is 0 Å². The van der Waals surface area contributed by atoms with Gasteiger partial charge in [0.15, 0.2) is 0 Å². The van der Waals surface area contributed by atoms with Crippen molar-refractivity contribution >= 4 is 21.6 Å². The van der Waals surface area contributed by atoms with Crippen LogP contribution in [-0.2, 0) is 14.8 Å². The molecule has 0 aliphatic carbocycles. The number of anilines is 1. The van der Waals surface area contributed by atoms with Crippen molar-refractivity contribution in [3.8, 4) is 0 Å². The Balaban J connectivity index is 2.84. The molecule has 1 aromatic rings. The van der Waals surface area contributed by atoms with Gasteiger partial charge in [0.05, 0.1) is 12.2 Å². The fourth-order valence-electron chi connectivity index (χ4n) is 1.49. The van der Waals surface area contributed by atoms with Gasteiger partial charge in [0.1, 0.15) is 4.90 Å². The molecule has 6 nitrogen and oxygen atoms in total. The van der Waals surface area contributed by atoms with Crippen molar-refractivity contribution in [2.45, 2.75) is 18.2 Å². The molecule has 0 saturated carbocycles. The summed E-state index contributed by atoms with van der Waals surface area (Å²) in [5.74, 6) is -0.331. The highest BCUT2D eigenvalue weighted by Gasteiger charge is 2.24. The highest BCUT2D eigenvalue weighted by Crippen LogP contribution is 2.20. The van der Waals surface area contributed by atoms with Gasteiger partial charge < -0.3 is 11.1 Å². The summed E-state index contributed by atoms with van der Waals surface area (Å²) in [6.07, 6.45) is 0.799. The number of carbonyl (C=O) groups excluding carboxylic acids is 1. The van der Waals surface area contributed by atoms with Crippen LogP contribution >= 0.6 is 0 Å². The lowest BCUT2D eigenvalue weighted by Crippen LogP contribution is -2.38. The molecular weight excluding hydrogens is 266 g/mol. The van der Waals surface area contributed by atoms with E-state index in [2.05, 4.69) is 5.32 Å². The predicted molar refractivity (Wildman–Crippen MR) is 74.0 cm³/mol. The quantitative estimate of drug-likeness (QED) is 0.741. The maximum Gasteiger partial charge on any atom is 0.245 e. The van der Waals surface area contributed by atoms with Crippen LogP contribution in [0.3, 0.4) is 0 Å². The molecule has 1 rings (SSSR count). The van der Waals surface area contributed by atoms with E-state index >= 15 is 0 Å². The fraction of sp³-hybridized carbons (Fsp3) is 0.417. The summed E-state index contributed by atoms with van der Waals surface area (Å²) >= 11 is 0. The predicted octanol–water partition coefficient (Wildman–Crippen LogP) is 0.416. The Morgan fingerprint density at radius 1 is 1.37 bits per heavy atom. The number of nitrogens with one attached hydrogen (secondary N) is 1.